The Morgan fingerprint density at radius 1 is 1.54 bits per heavy atom. The van der Waals surface area contributed by atoms with E-state index < -0.39 is 0 Å². The molecule has 2 aliphatic carbocycles. The largest absolute Gasteiger partial charge is 0.320 e. The summed E-state index contributed by atoms with van der Waals surface area (Å²) in [4.78, 5) is 0. The number of nitrogens with two attached hydrogens (primary N) is 1. The average molecular weight is 177 g/mol. The van der Waals surface area contributed by atoms with Gasteiger partial charge in [0.15, 0.2) is 0 Å². The Bertz CT molecular complexity index is 332. The van der Waals surface area contributed by atoms with Gasteiger partial charge in [-0.1, -0.05) is 0 Å². The highest BCUT2D eigenvalue weighted by Gasteiger charge is 2.53. The molecule has 3 N–H and O–H groups in total. The van der Waals surface area contributed by atoms with E-state index in [4.69, 9.17) is 5.73 Å². The third-order valence-corrected chi connectivity index (χ3v) is 3.54. The molecular weight excluding hydrogens is 162 g/mol. The van der Waals surface area contributed by atoms with Gasteiger partial charge < -0.3 is 5.73 Å². The van der Waals surface area contributed by atoms with Crippen LogP contribution < -0.4 is 5.73 Å². The van der Waals surface area contributed by atoms with Crippen molar-refractivity contribution in [3.05, 3.63) is 17.5 Å². The van der Waals surface area contributed by atoms with Crippen LogP contribution in [0.15, 0.2) is 6.07 Å². The van der Waals surface area contributed by atoms with Crippen LogP contribution in [0.25, 0.3) is 0 Å². The van der Waals surface area contributed by atoms with Crippen molar-refractivity contribution >= 4 is 0 Å². The van der Waals surface area contributed by atoms with Gasteiger partial charge in [-0.25, -0.2) is 0 Å². The number of hydrogen-bond donors (Lipinski definition) is 2. The van der Waals surface area contributed by atoms with Crippen molar-refractivity contribution in [2.45, 2.75) is 31.7 Å². The first-order valence-electron chi connectivity index (χ1n) is 4.99. The number of hydrogen-bond acceptors (Lipinski definition) is 2. The van der Waals surface area contributed by atoms with Crippen molar-refractivity contribution in [3.63, 3.8) is 0 Å². The first-order chi connectivity index (χ1) is 6.17. The van der Waals surface area contributed by atoms with Crippen molar-refractivity contribution in [1.29, 1.82) is 0 Å². The second kappa shape index (κ2) is 2.15. The summed E-state index contributed by atoms with van der Waals surface area (Å²) in [7, 11) is 0. The van der Waals surface area contributed by atoms with Gasteiger partial charge in [0.05, 0.1) is 11.2 Å². The molecule has 3 rings (SSSR count). The van der Waals surface area contributed by atoms with Crippen LogP contribution in [0.3, 0.4) is 0 Å². The van der Waals surface area contributed by atoms with Gasteiger partial charge in [0.25, 0.3) is 0 Å². The van der Waals surface area contributed by atoms with Crippen molar-refractivity contribution < 1.29 is 0 Å². The lowest BCUT2D eigenvalue weighted by molar-refractivity contribution is 0.398. The normalized spacial score (nSPS) is 42.0. The van der Waals surface area contributed by atoms with Gasteiger partial charge in [0, 0.05) is 5.69 Å². The van der Waals surface area contributed by atoms with Crippen LogP contribution in [0.5, 0.6) is 0 Å². The van der Waals surface area contributed by atoms with Crippen LogP contribution in [-0.4, -0.2) is 10.2 Å². The molecule has 1 heterocycles. The Morgan fingerprint density at radius 3 is 2.77 bits per heavy atom. The Balaban J connectivity index is 1.91. The van der Waals surface area contributed by atoms with E-state index in [1.165, 1.54) is 6.42 Å². The number of aromatic amines is 1. The molecule has 1 aromatic rings. The second-order valence-corrected chi connectivity index (χ2v) is 4.76. The number of rotatable bonds is 1. The highest BCUT2D eigenvalue weighted by Crippen LogP contribution is 2.58. The zero-order valence-corrected chi connectivity index (χ0v) is 7.88. The molecular formula is C10H15N3. The lowest BCUT2D eigenvalue weighted by Gasteiger charge is -2.22. The maximum atomic E-state index is 6.33. The Labute approximate surface area is 77.7 Å². The number of aryl methyl sites for hydroxylation is 1. The van der Waals surface area contributed by atoms with Crippen LogP contribution >= 0.6 is 0 Å². The molecule has 0 amide bonds. The molecule has 2 atom stereocenters. The minimum atomic E-state index is -0.113. The van der Waals surface area contributed by atoms with E-state index in [1.54, 1.807) is 0 Å². The molecule has 0 spiro atoms. The lowest BCUT2D eigenvalue weighted by Crippen LogP contribution is -2.35. The second-order valence-electron chi connectivity index (χ2n) is 4.76. The first-order valence-corrected chi connectivity index (χ1v) is 4.99. The third-order valence-electron chi connectivity index (χ3n) is 3.54. The van der Waals surface area contributed by atoms with Crippen LogP contribution in [0.2, 0.25) is 0 Å². The van der Waals surface area contributed by atoms with E-state index in [1.807, 2.05) is 6.92 Å². The van der Waals surface area contributed by atoms with Gasteiger partial charge in [-0.05, 0) is 44.1 Å². The molecule has 2 aliphatic rings. The highest BCUT2D eigenvalue weighted by atomic mass is 15.1. The standard InChI is InChI=1S/C10H15N3/c1-6-2-9(13-12-6)10(11)4-7-3-8(7)5-10/h2,7-8H,3-5,11H2,1H3,(H,12,13). The number of fused-ring (bicyclic) bond motifs is 1. The van der Waals surface area contributed by atoms with E-state index in [0.717, 1.165) is 36.1 Å². The summed E-state index contributed by atoms with van der Waals surface area (Å²) in [5, 5.41) is 7.24. The Hall–Kier alpha value is -0.830. The van der Waals surface area contributed by atoms with E-state index >= 15 is 0 Å². The fourth-order valence-corrected chi connectivity index (χ4v) is 2.71. The average Bonchev–Trinajstić information content (AvgIpc) is 2.54. The molecule has 0 radical (unpaired) electrons. The molecule has 2 fully saturated rings. The fraction of sp³-hybridized carbons (Fsp3) is 0.700. The maximum absolute atomic E-state index is 6.33. The SMILES string of the molecule is Cc1cc(C2(N)CC3CC3C2)n[nH]1. The zero-order chi connectivity index (χ0) is 9.05. The van der Waals surface area contributed by atoms with Crippen molar-refractivity contribution in [3.8, 4) is 0 Å². The summed E-state index contributed by atoms with van der Waals surface area (Å²) >= 11 is 0. The zero-order valence-electron chi connectivity index (χ0n) is 7.88. The van der Waals surface area contributed by atoms with Crippen molar-refractivity contribution in [2.24, 2.45) is 17.6 Å². The van der Waals surface area contributed by atoms with Gasteiger partial charge in [0.1, 0.15) is 0 Å². The predicted molar refractivity (Wildman–Crippen MR) is 50.0 cm³/mol. The molecule has 0 aromatic carbocycles. The number of nitrogens with one attached hydrogen (secondary N) is 1. The summed E-state index contributed by atoms with van der Waals surface area (Å²) in [6, 6.07) is 2.09. The highest BCUT2D eigenvalue weighted by molar-refractivity contribution is 5.22. The molecule has 0 saturated heterocycles. The summed E-state index contributed by atoms with van der Waals surface area (Å²) in [6.07, 6.45) is 3.69. The molecule has 0 bridgehead atoms. The molecule has 70 valence electrons. The van der Waals surface area contributed by atoms with Crippen molar-refractivity contribution in [1.82, 2.24) is 10.2 Å². The van der Waals surface area contributed by atoms with Gasteiger partial charge in [-0.15, -0.1) is 0 Å². The lowest BCUT2D eigenvalue weighted by atomic mass is 9.91. The quantitative estimate of drug-likeness (QED) is 0.679. The number of H-pyrrole nitrogens is 1. The van der Waals surface area contributed by atoms with Gasteiger partial charge in [0.2, 0.25) is 0 Å². The van der Waals surface area contributed by atoms with E-state index in [0.29, 0.717) is 0 Å². The molecule has 13 heavy (non-hydrogen) atoms. The van der Waals surface area contributed by atoms with Crippen LogP contribution in [0, 0.1) is 18.8 Å². The smallest absolute Gasteiger partial charge is 0.0823 e. The molecule has 3 nitrogen and oxygen atoms in total. The minimum absolute atomic E-state index is 0.113. The predicted octanol–water partition coefficient (Wildman–Crippen LogP) is 1.30. The van der Waals surface area contributed by atoms with Gasteiger partial charge in [-0.3, -0.25) is 5.10 Å². The first kappa shape index (κ1) is 7.56. The third kappa shape index (κ3) is 1.03. The Kier molecular flexibility index (Phi) is 1.25. The monoisotopic (exact) mass is 177 g/mol. The van der Waals surface area contributed by atoms with Crippen LogP contribution in [0.4, 0.5) is 0 Å². The van der Waals surface area contributed by atoms with Crippen LogP contribution in [0.1, 0.15) is 30.7 Å². The summed E-state index contributed by atoms with van der Waals surface area (Å²) < 4.78 is 0. The molecule has 2 unspecified atom stereocenters. The maximum Gasteiger partial charge on any atom is 0.0823 e. The summed E-state index contributed by atoms with van der Waals surface area (Å²) in [5.41, 5.74) is 8.40. The molecule has 0 aliphatic heterocycles. The van der Waals surface area contributed by atoms with Crippen molar-refractivity contribution in [2.75, 3.05) is 0 Å². The van der Waals surface area contributed by atoms with Crippen LogP contribution in [-0.2, 0) is 5.54 Å². The topological polar surface area (TPSA) is 54.7 Å². The van der Waals surface area contributed by atoms with Gasteiger partial charge in [-0.2, -0.15) is 5.10 Å². The molecule has 1 aromatic heterocycles. The fourth-order valence-electron chi connectivity index (χ4n) is 2.71. The number of aromatic nitrogens is 2. The molecule has 2 saturated carbocycles. The summed E-state index contributed by atoms with van der Waals surface area (Å²) in [6.45, 7) is 2.02. The Morgan fingerprint density at radius 2 is 2.23 bits per heavy atom. The summed E-state index contributed by atoms with van der Waals surface area (Å²) in [5.74, 6) is 1.81. The van der Waals surface area contributed by atoms with Gasteiger partial charge >= 0.3 is 0 Å². The minimum Gasteiger partial charge on any atom is -0.320 e. The van der Waals surface area contributed by atoms with E-state index in [2.05, 4.69) is 16.3 Å². The molecule has 3 heteroatoms. The number of nitrogens with zero attached hydrogens (tertiary/aromatic N) is 1. The van der Waals surface area contributed by atoms with E-state index in [9.17, 15) is 0 Å². The van der Waals surface area contributed by atoms with E-state index in [-0.39, 0.29) is 5.54 Å².